The molecule has 0 unspecified atom stereocenters. The first-order chi connectivity index (χ1) is 12.1. The van der Waals surface area contributed by atoms with Gasteiger partial charge in [-0.2, -0.15) is 0 Å². The molecule has 0 heterocycles. The third-order valence-electron chi connectivity index (χ3n) is 5.44. The van der Waals surface area contributed by atoms with Crippen LogP contribution in [0.1, 0.15) is 117 Å². The number of quaternary nitrogens is 1. The van der Waals surface area contributed by atoms with E-state index in [2.05, 4.69) is 27.9 Å². The molecule has 0 aliphatic heterocycles. The van der Waals surface area contributed by atoms with Crippen molar-refractivity contribution >= 4 is 0 Å². The van der Waals surface area contributed by atoms with E-state index in [-0.39, 0.29) is 0 Å². The second-order valence-corrected chi connectivity index (χ2v) is 8.59. The molecule has 0 bridgehead atoms. The van der Waals surface area contributed by atoms with Crippen molar-refractivity contribution in [3.8, 4) is 0 Å². The van der Waals surface area contributed by atoms with Crippen LogP contribution in [0.5, 0.6) is 0 Å². The van der Waals surface area contributed by atoms with Gasteiger partial charge in [-0.3, -0.25) is 0 Å². The van der Waals surface area contributed by atoms with Gasteiger partial charge in [0.1, 0.15) is 0 Å². The van der Waals surface area contributed by atoms with Crippen LogP contribution < -0.4 is 0 Å². The minimum absolute atomic E-state index is 0.856. The summed E-state index contributed by atoms with van der Waals surface area (Å²) in [5, 5.41) is 0. The quantitative estimate of drug-likeness (QED) is 0.126. The molecule has 0 N–H and O–H groups in total. The highest BCUT2D eigenvalue weighted by Crippen LogP contribution is 2.13. The van der Waals surface area contributed by atoms with E-state index in [0.29, 0.717) is 0 Å². The average molecular weight is 357 g/mol. The predicted octanol–water partition coefficient (Wildman–Crippen LogP) is 7.32. The zero-order valence-electron chi connectivity index (χ0n) is 18.3. The Morgan fingerprint density at radius 1 is 0.520 bits per heavy atom. The summed E-state index contributed by atoms with van der Waals surface area (Å²) in [5.74, 6) is 0. The van der Waals surface area contributed by atoms with Crippen molar-refractivity contribution in [2.75, 3.05) is 34.0 Å². The maximum absolute atomic E-state index is 5.78. The first-order valence-corrected chi connectivity index (χ1v) is 11.5. The van der Waals surface area contributed by atoms with Crippen LogP contribution in [0.25, 0.3) is 0 Å². The Morgan fingerprint density at radius 3 is 1.24 bits per heavy atom. The molecule has 0 aliphatic carbocycles. The molecule has 2 nitrogen and oxygen atoms in total. The summed E-state index contributed by atoms with van der Waals surface area (Å²) >= 11 is 0. The van der Waals surface area contributed by atoms with Crippen molar-refractivity contribution in [3.05, 3.63) is 0 Å². The second-order valence-electron chi connectivity index (χ2n) is 8.59. The summed E-state index contributed by atoms with van der Waals surface area (Å²) in [7, 11) is 4.46. The molecule has 0 saturated carbocycles. The molecule has 25 heavy (non-hydrogen) atoms. The fraction of sp³-hybridized carbons (Fsp3) is 1.00. The van der Waals surface area contributed by atoms with Crippen molar-refractivity contribution in [2.45, 2.75) is 117 Å². The molecule has 0 atom stereocenters. The summed E-state index contributed by atoms with van der Waals surface area (Å²) < 4.78 is 6.75. The van der Waals surface area contributed by atoms with Crippen molar-refractivity contribution in [1.82, 2.24) is 0 Å². The van der Waals surface area contributed by atoms with Gasteiger partial charge in [0.05, 0.1) is 27.2 Å². The summed E-state index contributed by atoms with van der Waals surface area (Å²) in [6.45, 7) is 7.45. The molecule has 0 radical (unpaired) electrons. The Bertz CT molecular complexity index is 252. The van der Waals surface area contributed by atoms with E-state index in [9.17, 15) is 0 Å². The first-order valence-electron chi connectivity index (χ1n) is 11.5. The maximum atomic E-state index is 5.78. The second kappa shape index (κ2) is 18.7. The lowest BCUT2D eigenvalue weighted by molar-refractivity contribution is -0.908. The molecule has 0 amide bonds. The third kappa shape index (κ3) is 20.1. The zero-order valence-corrected chi connectivity index (χ0v) is 18.3. The summed E-state index contributed by atoms with van der Waals surface area (Å²) in [6, 6.07) is 0. The van der Waals surface area contributed by atoms with Crippen molar-refractivity contribution in [1.29, 1.82) is 0 Å². The van der Waals surface area contributed by atoms with Gasteiger partial charge in [-0.05, 0) is 13.3 Å². The normalized spacial score (nSPS) is 12.0. The highest BCUT2D eigenvalue weighted by Gasteiger charge is 2.10. The SMILES string of the molecule is CCCCCCCCCCCCCCCCCCOC[N+](C)(C)CC. The number of ether oxygens (including phenoxy) is 1. The van der Waals surface area contributed by atoms with Crippen molar-refractivity contribution in [2.24, 2.45) is 0 Å². The number of rotatable bonds is 20. The van der Waals surface area contributed by atoms with Crippen molar-refractivity contribution < 1.29 is 9.22 Å². The Balaban J connectivity index is 3.05. The van der Waals surface area contributed by atoms with Gasteiger partial charge in [0.2, 0.25) is 0 Å². The minimum Gasteiger partial charge on any atom is -0.332 e. The molecule has 0 saturated heterocycles. The number of hydrogen-bond acceptors (Lipinski definition) is 1. The van der Waals surface area contributed by atoms with Gasteiger partial charge in [0.25, 0.3) is 0 Å². The molecule has 0 aromatic heterocycles. The molecule has 0 aromatic carbocycles. The summed E-state index contributed by atoms with van der Waals surface area (Å²) in [4.78, 5) is 0. The standard InChI is InChI=1S/C23H50NO/c1-5-7-8-9-10-11-12-13-14-15-16-17-18-19-20-21-22-25-23-24(3,4)6-2/h5-23H2,1-4H3/q+1. The van der Waals surface area contributed by atoms with Crippen molar-refractivity contribution in [3.63, 3.8) is 0 Å². The van der Waals surface area contributed by atoms with Gasteiger partial charge in [0.15, 0.2) is 6.73 Å². The van der Waals surface area contributed by atoms with Crippen LogP contribution in [0.4, 0.5) is 0 Å². The molecular weight excluding hydrogens is 306 g/mol. The Kier molecular flexibility index (Phi) is 18.6. The zero-order chi connectivity index (χ0) is 18.6. The smallest absolute Gasteiger partial charge is 0.182 e. The third-order valence-corrected chi connectivity index (χ3v) is 5.44. The molecule has 0 fully saturated rings. The van der Waals surface area contributed by atoms with Gasteiger partial charge in [0, 0.05) is 0 Å². The van der Waals surface area contributed by atoms with E-state index in [0.717, 1.165) is 24.4 Å². The molecule has 152 valence electrons. The monoisotopic (exact) mass is 356 g/mol. The van der Waals surface area contributed by atoms with E-state index in [1.807, 2.05) is 0 Å². The lowest BCUT2D eigenvalue weighted by Crippen LogP contribution is -2.41. The summed E-state index contributed by atoms with van der Waals surface area (Å²) in [5.41, 5.74) is 0. The highest BCUT2D eigenvalue weighted by molar-refractivity contribution is 4.49. The molecule has 0 rings (SSSR count). The van der Waals surface area contributed by atoms with Gasteiger partial charge in [-0.25, -0.2) is 0 Å². The largest absolute Gasteiger partial charge is 0.332 e. The molecule has 0 aromatic rings. The van der Waals surface area contributed by atoms with E-state index in [1.165, 1.54) is 103 Å². The minimum atomic E-state index is 0.856. The van der Waals surface area contributed by atoms with Crippen LogP contribution in [-0.2, 0) is 4.74 Å². The van der Waals surface area contributed by atoms with Crippen LogP contribution in [-0.4, -0.2) is 38.5 Å². The van der Waals surface area contributed by atoms with Gasteiger partial charge < -0.3 is 9.22 Å². The molecule has 2 heteroatoms. The Morgan fingerprint density at radius 2 is 0.880 bits per heavy atom. The lowest BCUT2D eigenvalue weighted by Gasteiger charge is -2.27. The van der Waals surface area contributed by atoms with E-state index in [1.54, 1.807) is 0 Å². The number of unbranched alkanes of at least 4 members (excludes halogenated alkanes) is 15. The van der Waals surface area contributed by atoms with E-state index < -0.39 is 0 Å². The van der Waals surface area contributed by atoms with E-state index in [4.69, 9.17) is 4.74 Å². The van der Waals surface area contributed by atoms with Crippen LogP contribution in [0, 0.1) is 0 Å². The van der Waals surface area contributed by atoms with Gasteiger partial charge >= 0.3 is 0 Å². The van der Waals surface area contributed by atoms with Crippen LogP contribution >= 0.6 is 0 Å². The highest BCUT2D eigenvalue weighted by atomic mass is 16.5. The van der Waals surface area contributed by atoms with Gasteiger partial charge in [-0.1, -0.05) is 103 Å². The van der Waals surface area contributed by atoms with Crippen LogP contribution in [0.15, 0.2) is 0 Å². The molecular formula is C23H50NO+. The first kappa shape index (κ1) is 24.9. The van der Waals surface area contributed by atoms with Crippen LogP contribution in [0.2, 0.25) is 0 Å². The Hall–Kier alpha value is -0.0800. The molecule has 0 aliphatic rings. The maximum Gasteiger partial charge on any atom is 0.182 e. The Labute approximate surface area is 160 Å². The number of hydrogen-bond donors (Lipinski definition) is 0. The van der Waals surface area contributed by atoms with Gasteiger partial charge in [-0.15, -0.1) is 0 Å². The average Bonchev–Trinajstić information content (AvgIpc) is 2.60. The van der Waals surface area contributed by atoms with Crippen LogP contribution in [0.3, 0.4) is 0 Å². The topological polar surface area (TPSA) is 9.23 Å². The number of nitrogens with zero attached hydrogens (tertiary/aromatic N) is 1. The molecule has 0 spiro atoms. The predicted molar refractivity (Wildman–Crippen MR) is 113 cm³/mol. The van der Waals surface area contributed by atoms with E-state index >= 15 is 0 Å². The fourth-order valence-corrected chi connectivity index (χ4v) is 3.16. The lowest BCUT2D eigenvalue weighted by atomic mass is 10.0. The summed E-state index contributed by atoms with van der Waals surface area (Å²) in [6.07, 6.45) is 22.8. The fourth-order valence-electron chi connectivity index (χ4n) is 3.16.